The lowest BCUT2D eigenvalue weighted by molar-refractivity contribution is -0.110. The molecule has 0 atom stereocenters. The summed E-state index contributed by atoms with van der Waals surface area (Å²) in [5.41, 5.74) is -0.0979. The Morgan fingerprint density at radius 2 is 2.33 bits per heavy atom. The summed E-state index contributed by atoms with van der Waals surface area (Å²) in [7, 11) is 0. The van der Waals surface area contributed by atoms with Crippen molar-refractivity contribution in [3.05, 3.63) is 27.4 Å². The maximum atomic E-state index is 13.4. The Balaban J connectivity index is 2.99. The van der Waals surface area contributed by atoms with Crippen molar-refractivity contribution in [1.29, 1.82) is 0 Å². The van der Waals surface area contributed by atoms with Crippen molar-refractivity contribution in [3.8, 4) is 0 Å². The second-order valence-electron chi connectivity index (χ2n) is 2.48. The van der Waals surface area contributed by atoms with Gasteiger partial charge in [0.05, 0.1) is 10.2 Å². The lowest BCUT2D eigenvalue weighted by atomic mass is 10.3. The normalized spacial score (nSPS) is 10.6. The van der Waals surface area contributed by atoms with E-state index in [-0.39, 0.29) is 15.2 Å². The molecule has 1 aromatic rings. The van der Waals surface area contributed by atoms with Crippen LogP contribution in [0.2, 0.25) is 5.02 Å². The third kappa shape index (κ3) is 3.17. The minimum Gasteiger partial charge on any atom is -0.411 e. The molecule has 0 spiro atoms. The van der Waals surface area contributed by atoms with E-state index in [0.717, 1.165) is 0 Å². The van der Waals surface area contributed by atoms with Gasteiger partial charge in [-0.15, -0.1) is 0 Å². The van der Waals surface area contributed by atoms with Gasteiger partial charge in [0.1, 0.15) is 6.21 Å². The fraction of sp³-hybridized carbons (Fsp3) is 0. The molecule has 0 radical (unpaired) electrons. The number of nitrogens with zero attached hydrogens (tertiary/aromatic N) is 1. The molecule has 0 aliphatic rings. The molecule has 1 aromatic carbocycles. The highest BCUT2D eigenvalue weighted by Gasteiger charge is 2.10. The number of nitrogens with one attached hydrogen (secondary N) is 1. The Hall–Kier alpha value is -1.14. The minimum atomic E-state index is -0.759. The molecular formula is C8H5BrClFN2O2. The molecule has 0 fully saturated rings. The first-order valence-corrected chi connectivity index (χ1v) is 4.84. The smallest absolute Gasteiger partial charge is 0.270 e. The van der Waals surface area contributed by atoms with Crippen LogP contribution in [0.25, 0.3) is 0 Å². The first-order valence-electron chi connectivity index (χ1n) is 3.67. The van der Waals surface area contributed by atoms with Gasteiger partial charge >= 0.3 is 0 Å². The van der Waals surface area contributed by atoms with Crippen molar-refractivity contribution in [1.82, 2.24) is 0 Å². The van der Waals surface area contributed by atoms with Gasteiger partial charge in [-0.3, -0.25) is 4.79 Å². The number of hydrogen-bond donors (Lipinski definition) is 2. The largest absolute Gasteiger partial charge is 0.411 e. The minimum absolute atomic E-state index is 0.0979. The number of oxime groups is 1. The van der Waals surface area contributed by atoms with Gasteiger partial charge in [0.2, 0.25) is 0 Å². The molecular weight excluding hydrogens is 290 g/mol. The number of hydrogen-bond acceptors (Lipinski definition) is 3. The number of carbonyl (C=O) groups is 1. The number of halogens is 3. The van der Waals surface area contributed by atoms with E-state index in [1.807, 2.05) is 0 Å². The summed E-state index contributed by atoms with van der Waals surface area (Å²) in [4.78, 5) is 10.9. The average molecular weight is 295 g/mol. The van der Waals surface area contributed by atoms with Gasteiger partial charge in [-0.2, -0.15) is 0 Å². The van der Waals surface area contributed by atoms with E-state index in [1.54, 1.807) is 0 Å². The molecule has 0 saturated carbocycles. The molecule has 7 heteroatoms. The summed E-state index contributed by atoms with van der Waals surface area (Å²) in [6.07, 6.45) is 0.605. The Bertz CT molecular complexity index is 425. The number of amides is 1. The average Bonchev–Trinajstić information content (AvgIpc) is 2.13. The third-order valence-electron chi connectivity index (χ3n) is 1.43. The van der Waals surface area contributed by atoms with Crippen LogP contribution in [0.3, 0.4) is 0 Å². The van der Waals surface area contributed by atoms with Crippen LogP contribution in [0.15, 0.2) is 21.8 Å². The highest BCUT2D eigenvalue weighted by molar-refractivity contribution is 9.10. The van der Waals surface area contributed by atoms with Gasteiger partial charge in [-0.05, 0) is 28.1 Å². The van der Waals surface area contributed by atoms with Crippen molar-refractivity contribution in [2.24, 2.45) is 5.16 Å². The zero-order chi connectivity index (χ0) is 11.4. The molecule has 0 heterocycles. The molecule has 0 aromatic heterocycles. The van der Waals surface area contributed by atoms with Crippen LogP contribution in [0.1, 0.15) is 0 Å². The molecule has 1 amide bonds. The summed E-state index contributed by atoms with van der Waals surface area (Å²) in [5, 5.41) is 13.0. The van der Waals surface area contributed by atoms with Gasteiger partial charge in [0, 0.05) is 5.02 Å². The van der Waals surface area contributed by atoms with Crippen LogP contribution < -0.4 is 5.32 Å². The Morgan fingerprint density at radius 1 is 1.67 bits per heavy atom. The van der Waals surface area contributed by atoms with Gasteiger partial charge < -0.3 is 10.5 Å². The van der Waals surface area contributed by atoms with Crippen LogP contribution in [0, 0.1) is 5.82 Å². The van der Waals surface area contributed by atoms with Crippen LogP contribution in [-0.2, 0) is 4.79 Å². The standard InChI is InChI=1S/C8H5BrClFN2O2/c9-5-1-4(10)2-6(8(5)11)13-7(14)3-12-15/h1-3,15H,(H,13,14). The van der Waals surface area contributed by atoms with E-state index in [2.05, 4.69) is 26.4 Å². The Kier molecular flexibility index (Phi) is 4.05. The lowest BCUT2D eigenvalue weighted by Gasteiger charge is -2.05. The molecule has 0 unspecified atom stereocenters. The molecule has 0 aliphatic heterocycles. The van der Waals surface area contributed by atoms with Gasteiger partial charge in [0.25, 0.3) is 5.91 Å². The predicted molar refractivity (Wildman–Crippen MR) is 58.0 cm³/mol. The second kappa shape index (κ2) is 5.09. The van der Waals surface area contributed by atoms with Gasteiger partial charge in [0.15, 0.2) is 5.82 Å². The van der Waals surface area contributed by atoms with Gasteiger partial charge in [-0.1, -0.05) is 16.8 Å². The van der Waals surface area contributed by atoms with Crippen molar-refractivity contribution >= 4 is 45.3 Å². The topological polar surface area (TPSA) is 61.7 Å². The van der Waals surface area contributed by atoms with Crippen molar-refractivity contribution in [2.75, 3.05) is 5.32 Å². The summed E-state index contributed by atoms with van der Waals surface area (Å²) in [5.74, 6) is -1.41. The van der Waals surface area contributed by atoms with Crippen LogP contribution in [0.5, 0.6) is 0 Å². The summed E-state index contributed by atoms with van der Waals surface area (Å²) in [6, 6.07) is 2.59. The monoisotopic (exact) mass is 294 g/mol. The van der Waals surface area contributed by atoms with Crippen LogP contribution in [-0.4, -0.2) is 17.3 Å². The molecule has 0 bridgehead atoms. The Labute approximate surface area is 97.9 Å². The third-order valence-corrected chi connectivity index (χ3v) is 2.22. The van der Waals surface area contributed by atoms with E-state index in [9.17, 15) is 9.18 Å². The summed E-state index contributed by atoms with van der Waals surface area (Å²) >= 11 is 8.58. The van der Waals surface area contributed by atoms with Gasteiger partial charge in [-0.25, -0.2) is 4.39 Å². The van der Waals surface area contributed by atoms with Crippen molar-refractivity contribution in [3.63, 3.8) is 0 Å². The van der Waals surface area contributed by atoms with E-state index in [1.165, 1.54) is 12.1 Å². The summed E-state index contributed by atoms with van der Waals surface area (Å²) in [6.45, 7) is 0. The molecule has 80 valence electrons. The highest BCUT2D eigenvalue weighted by Crippen LogP contribution is 2.27. The Morgan fingerprint density at radius 3 is 2.93 bits per heavy atom. The molecule has 15 heavy (non-hydrogen) atoms. The van der Waals surface area contributed by atoms with E-state index in [4.69, 9.17) is 16.8 Å². The zero-order valence-corrected chi connectivity index (χ0v) is 9.51. The number of rotatable bonds is 2. The molecule has 0 saturated heterocycles. The number of carbonyl (C=O) groups excluding carboxylic acids is 1. The maximum Gasteiger partial charge on any atom is 0.270 e. The van der Waals surface area contributed by atoms with Crippen LogP contribution >= 0.6 is 27.5 Å². The lowest BCUT2D eigenvalue weighted by Crippen LogP contribution is -2.13. The molecule has 4 nitrogen and oxygen atoms in total. The van der Waals surface area contributed by atoms with Crippen molar-refractivity contribution < 1.29 is 14.4 Å². The van der Waals surface area contributed by atoms with E-state index >= 15 is 0 Å². The second-order valence-corrected chi connectivity index (χ2v) is 3.77. The maximum absolute atomic E-state index is 13.4. The quantitative estimate of drug-likeness (QED) is 0.381. The first kappa shape index (κ1) is 11.9. The fourth-order valence-corrected chi connectivity index (χ4v) is 1.67. The van der Waals surface area contributed by atoms with E-state index in [0.29, 0.717) is 6.21 Å². The fourth-order valence-electron chi connectivity index (χ4n) is 0.864. The number of anilines is 1. The molecule has 1 rings (SSSR count). The van der Waals surface area contributed by atoms with E-state index < -0.39 is 11.7 Å². The predicted octanol–water partition coefficient (Wildman–Crippen LogP) is 2.64. The van der Waals surface area contributed by atoms with Crippen LogP contribution in [0.4, 0.5) is 10.1 Å². The zero-order valence-electron chi connectivity index (χ0n) is 7.17. The highest BCUT2D eigenvalue weighted by atomic mass is 79.9. The SMILES string of the molecule is O=C(C=NO)Nc1cc(Cl)cc(Br)c1F. The first-order chi connectivity index (χ1) is 7.04. The number of benzene rings is 1. The van der Waals surface area contributed by atoms with Crippen molar-refractivity contribution in [2.45, 2.75) is 0 Å². The molecule has 0 aliphatic carbocycles. The molecule has 2 N–H and O–H groups in total. The summed E-state index contributed by atoms with van der Waals surface area (Å²) < 4.78 is 13.5.